The predicted molar refractivity (Wildman–Crippen MR) is 114 cm³/mol. The van der Waals surface area contributed by atoms with Gasteiger partial charge in [0.2, 0.25) is 5.91 Å². The number of hydrogen-bond acceptors (Lipinski definition) is 5. The number of nitrogens with zero attached hydrogens (tertiary/aromatic N) is 2. The highest BCUT2D eigenvalue weighted by molar-refractivity contribution is 5.78. The van der Waals surface area contributed by atoms with Crippen molar-refractivity contribution in [1.82, 2.24) is 20.2 Å². The number of para-hydroxylation sites is 1. The van der Waals surface area contributed by atoms with Crippen LogP contribution in [-0.2, 0) is 9.53 Å². The summed E-state index contributed by atoms with van der Waals surface area (Å²) in [6.45, 7) is 9.03. The molecule has 0 radical (unpaired) electrons. The van der Waals surface area contributed by atoms with Crippen LogP contribution < -0.4 is 10.9 Å². The minimum Gasteiger partial charge on any atom is -0.379 e. The van der Waals surface area contributed by atoms with Gasteiger partial charge in [-0.05, 0) is 65.3 Å². The number of benzene rings is 1. The van der Waals surface area contributed by atoms with E-state index in [9.17, 15) is 9.59 Å². The van der Waals surface area contributed by atoms with Gasteiger partial charge < -0.3 is 15.0 Å². The Balaban J connectivity index is 1.50. The van der Waals surface area contributed by atoms with Crippen molar-refractivity contribution in [3.63, 3.8) is 0 Å². The molecule has 0 aliphatic carbocycles. The quantitative estimate of drug-likeness (QED) is 0.665. The third kappa shape index (κ3) is 5.64. The second-order valence-corrected chi connectivity index (χ2v) is 8.02. The fraction of sp³-hybridized carbons (Fsp3) is 0.591. The predicted octanol–water partition coefficient (Wildman–Crippen LogP) is 2.63. The number of aromatic amines is 1. The zero-order valence-electron chi connectivity index (χ0n) is 17.6. The first-order chi connectivity index (χ1) is 14.0. The van der Waals surface area contributed by atoms with E-state index in [1.54, 1.807) is 6.07 Å². The van der Waals surface area contributed by atoms with Crippen LogP contribution in [0.3, 0.4) is 0 Å². The summed E-state index contributed by atoms with van der Waals surface area (Å²) in [5, 5.41) is 3.64. The van der Waals surface area contributed by atoms with Crippen molar-refractivity contribution >= 4 is 16.8 Å². The molecule has 2 aromatic rings. The van der Waals surface area contributed by atoms with Crippen molar-refractivity contribution < 1.29 is 9.53 Å². The summed E-state index contributed by atoms with van der Waals surface area (Å²) >= 11 is 0. The highest BCUT2D eigenvalue weighted by atomic mass is 16.5. The SMILES string of the molecule is CC(C)OCCCNC(=O)C1CCN(C(C)c2nc3ccccc3c(=O)[nH]2)CC1. The summed E-state index contributed by atoms with van der Waals surface area (Å²) in [6.07, 6.45) is 2.69. The number of piperidine rings is 1. The van der Waals surface area contributed by atoms with E-state index in [0.717, 1.165) is 32.4 Å². The van der Waals surface area contributed by atoms with Gasteiger partial charge in [0.15, 0.2) is 0 Å². The van der Waals surface area contributed by atoms with E-state index >= 15 is 0 Å². The molecule has 1 aliphatic rings. The molecular formula is C22H32N4O3. The zero-order valence-corrected chi connectivity index (χ0v) is 17.6. The fourth-order valence-electron chi connectivity index (χ4n) is 3.77. The van der Waals surface area contributed by atoms with Crippen LogP contribution in [0, 0.1) is 5.92 Å². The number of nitrogens with one attached hydrogen (secondary N) is 2. The number of hydrogen-bond donors (Lipinski definition) is 2. The number of carbonyl (C=O) groups excluding carboxylic acids is 1. The van der Waals surface area contributed by atoms with Crippen molar-refractivity contribution in [2.75, 3.05) is 26.2 Å². The normalized spacial score (nSPS) is 17.0. The molecule has 1 aliphatic heterocycles. The highest BCUT2D eigenvalue weighted by Gasteiger charge is 2.28. The number of rotatable bonds is 8. The van der Waals surface area contributed by atoms with Crippen molar-refractivity contribution in [2.24, 2.45) is 5.92 Å². The molecule has 29 heavy (non-hydrogen) atoms. The Labute approximate surface area is 171 Å². The molecule has 2 heterocycles. The topological polar surface area (TPSA) is 87.3 Å². The van der Waals surface area contributed by atoms with Gasteiger partial charge in [-0.2, -0.15) is 0 Å². The Hall–Kier alpha value is -2.25. The van der Waals surface area contributed by atoms with Crippen LogP contribution in [0.1, 0.15) is 51.9 Å². The smallest absolute Gasteiger partial charge is 0.258 e. The second-order valence-electron chi connectivity index (χ2n) is 8.02. The van der Waals surface area contributed by atoms with E-state index in [2.05, 4.69) is 27.1 Å². The summed E-state index contributed by atoms with van der Waals surface area (Å²) in [6, 6.07) is 7.39. The number of fused-ring (bicyclic) bond motifs is 1. The lowest BCUT2D eigenvalue weighted by Gasteiger charge is -2.35. The molecule has 7 nitrogen and oxygen atoms in total. The Kier molecular flexibility index (Phi) is 7.39. The Morgan fingerprint density at radius 3 is 2.72 bits per heavy atom. The minimum absolute atomic E-state index is 0.00417. The van der Waals surface area contributed by atoms with Gasteiger partial charge in [-0.15, -0.1) is 0 Å². The van der Waals surface area contributed by atoms with Gasteiger partial charge in [0.25, 0.3) is 5.56 Å². The van der Waals surface area contributed by atoms with Crippen LogP contribution in [0.5, 0.6) is 0 Å². The Morgan fingerprint density at radius 2 is 2.00 bits per heavy atom. The maximum atomic E-state index is 12.4. The summed E-state index contributed by atoms with van der Waals surface area (Å²) in [4.78, 5) is 34.6. The van der Waals surface area contributed by atoms with E-state index in [4.69, 9.17) is 4.74 Å². The van der Waals surface area contributed by atoms with Crippen LogP contribution in [0.2, 0.25) is 0 Å². The van der Waals surface area contributed by atoms with Gasteiger partial charge in [0.1, 0.15) is 5.82 Å². The van der Waals surface area contributed by atoms with Crippen molar-refractivity contribution in [2.45, 2.75) is 52.2 Å². The molecule has 1 amide bonds. The molecular weight excluding hydrogens is 368 g/mol. The maximum absolute atomic E-state index is 12.4. The molecule has 1 aromatic heterocycles. The third-order valence-corrected chi connectivity index (χ3v) is 5.55. The molecule has 0 spiro atoms. The third-order valence-electron chi connectivity index (χ3n) is 5.55. The van der Waals surface area contributed by atoms with Gasteiger partial charge in [0.05, 0.1) is 23.0 Å². The van der Waals surface area contributed by atoms with Crippen molar-refractivity contribution in [1.29, 1.82) is 0 Å². The molecule has 1 atom stereocenters. The van der Waals surface area contributed by atoms with E-state index < -0.39 is 0 Å². The Bertz CT molecular complexity index is 872. The molecule has 1 saturated heterocycles. The van der Waals surface area contributed by atoms with Gasteiger partial charge in [-0.3, -0.25) is 14.5 Å². The van der Waals surface area contributed by atoms with Crippen LogP contribution in [-0.4, -0.2) is 53.1 Å². The van der Waals surface area contributed by atoms with Gasteiger partial charge in [0, 0.05) is 19.1 Å². The average Bonchev–Trinajstić information content (AvgIpc) is 2.72. The summed E-state index contributed by atoms with van der Waals surface area (Å²) in [5.74, 6) is 0.869. The van der Waals surface area contributed by atoms with E-state index in [0.29, 0.717) is 29.9 Å². The Morgan fingerprint density at radius 1 is 1.28 bits per heavy atom. The highest BCUT2D eigenvalue weighted by Crippen LogP contribution is 2.25. The number of likely N-dealkylation sites (tertiary alicyclic amines) is 1. The monoisotopic (exact) mass is 400 g/mol. The van der Waals surface area contributed by atoms with Crippen LogP contribution in [0.25, 0.3) is 10.9 Å². The summed E-state index contributed by atoms with van der Waals surface area (Å²) in [7, 11) is 0. The molecule has 1 fully saturated rings. The lowest BCUT2D eigenvalue weighted by Crippen LogP contribution is -2.42. The molecule has 1 aromatic carbocycles. The number of aromatic nitrogens is 2. The van der Waals surface area contributed by atoms with Gasteiger partial charge >= 0.3 is 0 Å². The first kappa shape index (κ1) is 21.5. The number of H-pyrrole nitrogens is 1. The van der Waals surface area contributed by atoms with Crippen molar-refractivity contribution in [3.05, 3.63) is 40.4 Å². The second kappa shape index (κ2) is 9.98. The average molecular weight is 401 g/mol. The largest absolute Gasteiger partial charge is 0.379 e. The summed E-state index contributed by atoms with van der Waals surface area (Å²) in [5.41, 5.74) is 0.613. The molecule has 1 unspecified atom stereocenters. The van der Waals surface area contributed by atoms with Crippen LogP contribution >= 0.6 is 0 Å². The minimum atomic E-state index is -0.104. The first-order valence-corrected chi connectivity index (χ1v) is 10.6. The standard InChI is InChI=1S/C22H32N4O3/c1-15(2)29-14-6-11-23-21(27)17-9-12-26(13-10-17)16(3)20-24-19-8-5-4-7-18(19)22(28)25-20/h4-5,7-8,15-17H,6,9-14H2,1-3H3,(H,23,27)(H,24,25,28). The van der Waals surface area contributed by atoms with E-state index in [1.165, 1.54) is 0 Å². The lowest BCUT2D eigenvalue weighted by atomic mass is 9.95. The molecule has 2 N–H and O–H groups in total. The number of ether oxygens (including phenoxy) is 1. The summed E-state index contributed by atoms with van der Waals surface area (Å²) < 4.78 is 5.50. The first-order valence-electron chi connectivity index (χ1n) is 10.6. The maximum Gasteiger partial charge on any atom is 0.258 e. The number of amides is 1. The number of carbonyl (C=O) groups is 1. The van der Waals surface area contributed by atoms with E-state index in [1.807, 2.05) is 32.0 Å². The molecule has 0 saturated carbocycles. The van der Waals surface area contributed by atoms with Crippen molar-refractivity contribution in [3.8, 4) is 0 Å². The van der Waals surface area contributed by atoms with Crippen LogP contribution in [0.4, 0.5) is 0 Å². The lowest BCUT2D eigenvalue weighted by molar-refractivity contribution is -0.126. The van der Waals surface area contributed by atoms with E-state index in [-0.39, 0.29) is 29.5 Å². The van der Waals surface area contributed by atoms with Gasteiger partial charge in [-0.1, -0.05) is 12.1 Å². The fourth-order valence-corrected chi connectivity index (χ4v) is 3.77. The molecule has 0 bridgehead atoms. The molecule has 3 rings (SSSR count). The molecule has 7 heteroatoms. The van der Waals surface area contributed by atoms with Gasteiger partial charge in [-0.25, -0.2) is 4.98 Å². The molecule has 158 valence electrons. The van der Waals surface area contributed by atoms with Crippen LogP contribution in [0.15, 0.2) is 29.1 Å². The zero-order chi connectivity index (χ0) is 20.8.